The van der Waals surface area contributed by atoms with Crippen LogP contribution in [0.1, 0.15) is 49.0 Å². The molecule has 1 amide bonds. The molecule has 36 heavy (non-hydrogen) atoms. The molecular weight excluding hydrogens is 476 g/mol. The van der Waals surface area contributed by atoms with Crippen LogP contribution in [0.4, 0.5) is 5.69 Å². The van der Waals surface area contributed by atoms with Gasteiger partial charge in [-0.05, 0) is 80.5 Å². The van der Waals surface area contributed by atoms with Crippen LogP contribution in [0.3, 0.4) is 0 Å². The van der Waals surface area contributed by atoms with Gasteiger partial charge in [0.2, 0.25) is 5.88 Å². The fourth-order valence-corrected chi connectivity index (χ4v) is 7.88. The average Bonchev–Trinajstić information content (AvgIpc) is 3.22. The third-order valence-corrected chi connectivity index (χ3v) is 8.98. The summed E-state index contributed by atoms with van der Waals surface area (Å²) in [4.78, 5) is 26.1. The Morgan fingerprint density at radius 1 is 1.06 bits per heavy atom. The van der Waals surface area contributed by atoms with Crippen molar-refractivity contribution in [2.45, 2.75) is 53.9 Å². The van der Waals surface area contributed by atoms with Gasteiger partial charge in [0.05, 0.1) is 17.7 Å². The van der Waals surface area contributed by atoms with Gasteiger partial charge in [0.15, 0.2) is 5.69 Å². The van der Waals surface area contributed by atoms with Crippen LogP contribution in [0.15, 0.2) is 64.4 Å². The quantitative estimate of drug-likeness (QED) is 0.330. The van der Waals surface area contributed by atoms with Gasteiger partial charge in [0.25, 0.3) is 11.6 Å². The molecule has 4 aliphatic carbocycles. The zero-order valence-electron chi connectivity index (χ0n) is 20.1. The zero-order chi connectivity index (χ0) is 24.9. The second-order valence-electron chi connectivity index (χ2n) is 10.4. The molecule has 4 aliphatic rings. The van der Waals surface area contributed by atoms with Gasteiger partial charge < -0.3 is 10.1 Å². The fraction of sp³-hybridized carbons (Fsp3) is 0.407. The third kappa shape index (κ3) is 4.15. The second kappa shape index (κ2) is 8.96. The summed E-state index contributed by atoms with van der Waals surface area (Å²) in [6, 6.07) is 15.9. The summed E-state index contributed by atoms with van der Waals surface area (Å²) >= 11 is 1.43. The Bertz CT molecular complexity index is 1270. The van der Waals surface area contributed by atoms with Crippen molar-refractivity contribution in [2.24, 2.45) is 17.8 Å². The lowest BCUT2D eigenvalue weighted by molar-refractivity contribution is -0.384. The number of ether oxygens (including phenoxy) is 1. The molecule has 0 spiro atoms. The highest BCUT2D eigenvalue weighted by Crippen LogP contribution is 2.55. The number of hydrogen-bond acceptors (Lipinski definition) is 6. The van der Waals surface area contributed by atoms with Crippen molar-refractivity contribution in [2.75, 3.05) is 7.11 Å². The molecule has 3 aromatic rings. The van der Waals surface area contributed by atoms with E-state index in [9.17, 15) is 14.9 Å². The Labute approximate surface area is 213 Å². The first kappa shape index (κ1) is 23.1. The first-order valence-electron chi connectivity index (χ1n) is 12.4. The minimum absolute atomic E-state index is 0.0106. The number of carbonyl (C=O) groups is 1. The van der Waals surface area contributed by atoms with Crippen LogP contribution < -0.4 is 10.1 Å². The van der Waals surface area contributed by atoms with Crippen molar-refractivity contribution in [3.8, 4) is 11.6 Å². The maximum absolute atomic E-state index is 13.9. The van der Waals surface area contributed by atoms with Gasteiger partial charge in [-0.3, -0.25) is 14.9 Å². The first-order valence-corrected chi connectivity index (χ1v) is 13.2. The summed E-state index contributed by atoms with van der Waals surface area (Å²) in [6.07, 6.45) is 7.04. The second-order valence-corrected chi connectivity index (χ2v) is 11.5. The van der Waals surface area contributed by atoms with E-state index in [1.165, 1.54) is 43.2 Å². The Morgan fingerprint density at radius 3 is 2.22 bits per heavy atom. The van der Waals surface area contributed by atoms with Gasteiger partial charge in [-0.15, -0.1) is 0 Å². The molecule has 2 aromatic carbocycles. The highest BCUT2D eigenvalue weighted by Gasteiger charge is 2.52. The lowest BCUT2D eigenvalue weighted by Gasteiger charge is -2.56. The van der Waals surface area contributed by atoms with Gasteiger partial charge in [0.1, 0.15) is 4.90 Å². The number of nitrogens with one attached hydrogen (secondary N) is 1. The van der Waals surface area contributed by atoms with Crippen LogP contribution in [0, 0.1) is 27.9 Å². The number of nitro groups is 1. The molecule has 0 aliphatic heterocycles. The van der Waals surface area contributed by atoms with Gasteiger partial charge in [-0.25, -0.2) is 0 Å². The molecule has 0 atom stereocenters. The van der Waals surface area contributed by atoms with Gasteiger partial charge >= 0.3 is 0 Å². The van der Waals surface area contributed by atoms with Crippen molar-refractivity contribution in [1.82, 2.24) is 15.1 Å². The number of benzene rings is 2. The Morgan fingerprint density at radius 2 is 1.67 bits per heavy atom. The smallest absolute Gasteiger partial charge is 0.273 e. The molecule has 1 heterocycles. The molecule has 1 aromatic heterocycles. The van der Waals surface area contributed by atoms with Crippen molar-refractivity contribution in [3.63, 3.8) is 0 Å². The Balaban J connectivity index is 1.38. The maximum atomic E-state index is 13.9. The molecule has 9 heteroatoms. The van der Waals surface area contributed by atoms with E-state index in [1.807, 2.05) is 30.3 Å². The van der Waals surface area contributed by atoms with E-state index in [-0.39, 0.29) is 17.1 Å². The van der Waals surface area contributed by atoms with E-state index in [0.29, 0.717) is 39.9 Å². The topological polar surface area (TPSA) is 99.3 Å². The summed E-state index contributed by atoms with van der Waals surface area (Å²) in [5.41, 5.74) is 0.741. The van der Waals surface area contributed by atoms with Crippen LogP contribution in [-0.4, -0.2) is 33.3 Å². The predicted octanol–water partition coefficient (Wildman–Crippen LogP) is 5.64. The number of rotatable bonds is 7. The highest BCUT2D eigenvalue weighted by atomic mass is 32.2. The molecule has 0 radical (unpaired) electrons. The van der Waals surface area contributed by atoms with E-state index >= 15 is 0 Å². The van der Waals surface area contributed by atoms with Crippen LogP contribution in [0.5, 0.6) is 5.88 Å². The van der Waals surface area contributed by atoms with Crippen molar-refractivity contribution < 1.29 is 14.5 Å². The standard InChI is InChI=1S/C27H28N4O4S/c1-35-26-24(36-22-5-3-2-4-6-22)23(29-30(26)20-7-9-21(10-8-20)31(33)34)25(32)28-27-14-17-11-18(15-27)13-19(12-17)16-27/h2-10,17-19H,11-16H2,1H3,(H,28,32). The lowest BCUT2D eigenvalue weighted by Crippen LogP contribution is -2.59. The Kier molecular flexibility index (Phi) is 5.75. The van der Waals surface area contributed by atoms with Gasteiger partial charge in [-0.2, -0.15) is 9.78 Å². The first-order chi connectivity index (χ1) is 17.4. The molecule has 4 fully saturated rings. The number of nitro benzene ring substituents is 1. The number of amides is 1. The van der Waals surface area contributed by atoms with Gasteiger partial charge in [-0.1, -0.05) is 30.0 Å². The molecule has 0 unspecified atom stereocenters. The van der Waals surface area contributed by atoms with E-state index in [4.69, 9.17) is 9.84 Å². The van der Waals surface area contributed by atoms with Crippen LogP contribution in [0.2, 0.25) is 0 Å². The van der Waals surface area contributed by atoms with Crippen LogP contribution in [-0.2, 0) is 0 Å². The normalized spacial score (nSPS) is 26.1. The molecule has 4 bridgehead atoms. The molecule has 186 valence electrons. The summed E-state index contributed by atoms with van der Waals surface area (Å²) in [5.74, 6) is 2.37. The number of methoxy groups -OCH3 is 1. The fourth-order valence-electron chi connectivity index (χ4n) is 6.87. The minimum atomic E-state index is -0.439. The molecule has 1 N–H and O–H groups in total. The zero-order valence-corrected chi connectivity index (χ0v) is 20.9. The molecular formula is C27H28N4O4S. The highest BCUT2D eigenvalue weighted by molar-refractivity contribution is 7.99. The predicted molar refractivity (Wildman–Crippen MR) is 136 cm³/mol. The summed E-state index contributed by atoms with van der Waals surface area (Å²) in [5, 5.41) is 19.3. The summed E-state index contributed by atoms with van der Waals surface area (Å²) < 4.78 is 7.33. The lowest BCUT2D eigenvalue weighted by atomic mass is 9.53. The molecule has 7 rings (SSSR count). The van der Waals surface area contributed by atoms with E-state index in [1.54, 1.807) is 23.9 Å². The number of non-ortho nitro benzene ring substituents is 1. The number of carbonyl (C=O) groups excluding carboxylic acids is 1. The van der Waals surface area contributed by atoms with Gasteiger partial charge in [0, 0.05) is 22.6 Å². The molecule has 8 nitrogen and oxygen atoms in total. The van der Waals surface area contributed by atoms with E-state index in [2.05, 4.69) is 5.32 Å². The molecule has 4 saturated carbocycles. The Hall–Kier alpha value is -3.33. The largest absolute Gasteiger partial charge is 0.480 e. The van der Waals surface area contributed by atoms with Crippen molar-refractivity contribution in [3.05, 3.63) is 70.4 Å². The number of nitrogens with zero attached hydrogens (tertiary/aromatic N) is 3. The van der Waals surface area contributed by atoms with Crippen molar-refractivity contribution in [1.29, 1.82) is 0 Å². The SMILES string of the molecule is COc1c(Sc2ccccc2)c(C(=O)NC23CC4CC(CC(C4)C2)C3)nn1-c1ccc([N+](=O)[O-])cc1. The maximum Gasteiger partial charge on any atom is 0.273 e. The van der Waals surface area contributed by atoms with Crippen molar-refractivity contribution >= 4 is 23.4 Å². The third-order valence-electron chi connectivity index (χ3n) is 7.90. The number of aromatic nitrogens is 2. The number of hydrogen-bond donors (Lipinski definition) is 1. The van der Waals surface area contributed by atoms with E-state index < -0.39 is 4.92 Å². The summed E-state index contributed by atoms with van der Waals surface area (Å²) in [6.45, 7) is 0. The minimum Gasteiger partial charge on any atom is -0.480 e. The summed E-state index contributed by atoms with van der Waals surface area (Å²) in [7, 11) is 1.55. The monoisotopic (exact) mass is 504 g/mol. The van der Waals surface area contributed by atoms with Crippen LogP contribution >= 0.6 is 11.8 Å². The van der Waals surface area contributed by atoms with E-state index in [0.717, 1.165) is 24.2 Å². The average molecular weight is 505 g/mol. The van der Waals surface area contributed by atoms with Crippen LogP contribution in [0.25, 0.3) is 5.69 Å². The molecule has 0 saturated heterocycles.